The van der Waals surface area contributed by atoms with Crippen LogP contribution in [0.4, 0.5) is 13.6 Å². The number of likely N-dealkylation sites (tertiary alicyclic amines) is 1. The van der Waals surface area contributed by atoms with Gasteiger partial charge in [-0.1, -0.05) is 13.3 Å². The number of benzene rings is 1. The highest BCUT2D eigenvalue weighted by Crippen LogP contribution is 2.37. The monoisotopic (exact) mass is 465 g/mol. The molecule has 1 saturated heterocycles. The summed E-state index contributed by atoms with van der Waals surface area (Å²) >= 11 is 2.84. The molecule has 2 N–H and O–H groups in total. The van der Waals surface area contributed by atoms with Gasteiger partial charge < -0.3 is 19.7 Å². The van der Waals surface area contributed by atoms with E-state index in [1.807, 2.05) is 6.92 Å². The minimum Gasteiger partial charge on any atom is -0.480 e. The first-order valence-electron chi connectivity index (χ1n) is 8.34. The van der Waals surface area contributed by atoms with Crippen molar-refractivity contribution in [2.24, 2.45) is 0 Å². The second kappa shape index (κ2) is 8.72. The van der Waals surface area contributed by atoms with Gasteiger partial charge >= 0.3 is 18.0 Å². The maximum atomic E-state index is 13.7. The number of carbonyl (C=O) groups is 3. The molecular weight excluding hydrogens is 448 g/mol. The van der Waals surface area contributed by atoms with Crippen LogP contribution in [0.1, 0.15) is 26.2 Å². The highest BCUT2D eigenvalue weighted by atomic mass is 79.9. The van der Waals surface area contributed by atoms with Gasteiger partial charge in [0.15, 0.2) is 0 Å². The smallest absolute Gasteiger partial charge is 0.410 e. The molecule has 11 heteroatoms. The quantitative estimate of drug-likeness (QED) is 0.469. The van der Waals surface area contributed by atoms with E-state index < -0.39 is 60.0 Å². The highest BCUT2D eigenvalue weighted by molar-refractivity contribution is 9.10. The maximum absolute atomic E-state index is 13.7. The van der Waals surface area contributed by atoms with Crippen LogP contribution in [-0.2, 0) is 14.3 Å². The van der Waals surface area contributed by atoms with Gasteiger partial charge in [-0.05, 0) is 22.4 Å². The zero-order valence-electron chi connectivity index (χ0n) is 14.8. The summed E-state index contributed by atoms with van der Waals surface area (Å²) in [6.07, 6.45) is -0.354. The molecule has 0 radical (unpaired) electrons. The van der Waals surface area contributed by atoms with Gasteiger partial charge in [0, 0.05) is 18.6 Å². The zero-order chi connectivity index (χ0) is 21.1. The van der Waals surface area contributed by atoms with E-state index in [0.717, 1.165) is 17.4 Å². The summed E-state index contributed by atoms with van der Waals surface area (Å²) in [5, 5.41) is 19.1. The van der Waals surface area contributed by atoms with Crippen molar-refractivity contribution >= 4 is 34.0 Å². The second-order valence-corrected chi connectivity index (χ2v) is 7.05. The summed E-state index contributed by atoms with van der Waals surface area (Å²) in [5.74, 6) is -5.55. The van der Waals surface area contributed by atoms with Gasteiger partial charge in [0.05, 0.1) is 17.6 Å². The van der Waals surface area contributed by atoms with E-state index in [1.165, 1.54) is 0 Å². The topological polar surface area (TPSA) is 113 Å². The van der Waals surface area contributed by atoms with Gasteiger partial charge in [0.1, 0.15) is 23.4 Å². The Bertz CT molecular complexity index is 791. The van der Waals surface area contributed by atoms with Crippen molar-refractivity contribution in [1.82, 2.24) is 4.90 Å². The summed E-state index contributed by atoms with van der Waals surface area (Å²) in [4.78, 5) is 36.4. The minimum absolute atomic E-state index is 0.0414. The van der Waals surface area contributed by atoms with Crippen LogP contribution >= 0.6 is 15.9 Å². The first kappa shape index (κ1) is 21.9. The van der Waals surface area contributed by atoms with Crippen molar-refractivity contribution in [2.45, 2.75) is 37.8 Å². The number of amides is 1. The van der Waals surface area contributed by atoms with Crippen LogP contribution in [-0.4, -0.2) is 57.9 Å². The van der Waals surface area contributed by atoms with Crippen LogP contribution in [0.25, 0.3) is 0 Å². The van der Waals surface area contributed by atoms with Crippen molar-refractivity contribution in [3.05, 3.63) is 28.2 Å². The number of unbranched alkanes of at least 4 members (excludes halogenated alkanes) is 1. The fourth-order valence-electron chi connectivity index (χ4n) is 2.76. The molecule has 1 aromatic carbocycles. The standard InChI is InChI=1S/C17H18BrF2NO7/c1-2-3-4-27-16(26)21-8-17(15(24)25,7-11(21)14(22)23)28-12-6-9(19)5-10(20)13(12)18/h5-6,11H,2-4,7-8H2,1H3,(H,22,23)(H,24,25)/t11-,17+/m0/s1. The Hall–Kier alpha value is -2.43. The highest BCUT2D eigenvalue weighted by Gasteiger charge is 2.56. The van der Waals surface area contributed by atoms with Crippen molar-refractivity contribution in [1.29, 1.82) is 0 Å². The Balaban J connectivity index is 2.35. The molecule has 1 fully saturated rings. The van der Waals surface area contributed by atoms with Gasteiger partial charge in [-0.25, -0.2) is 23.2 Å². The van der Waals surface area contributed by atoms with Crippen molar-refractivity contribution in [2.75, 3.05) is 13.2 Å². The molecule has 1 aromatic rings. The predicted molar refractivity (Wildman–Crippen MR) is 94.1 cm³/mol. The number of nitrogens with zero attached hydrogens (tertiary/aromatic N) is 1. The molecule has 0 saturated carbocycles. The van der Waals surface area contributed by atoms with E-state index in [1.54, 1.807) is 0 Å². The molecule has 1 heterocycles. The average molecular weight is 466 g/mol. The Morgan fingerprint density at radius 2 is 2.00 bits per heavy atom. The molecule has 1 aliphatic heterocycles. The van der Waals surface area contributed by atoms with E-state index >= 15 is 0 Å². The Kier molecular flexibility index (Phi) is 6.81. The number of carboxylic acids is 2. The van der Waals surface area contributed by atoms with Gasteiger partial charge in [0.2, 0.25) is 5.60 Å². The molecule has 2 atom stereocenters. The third-order valence-electron chi connectivity index (χ3n) is 4.22. The lowest BCUT2D eigenvalue weighted by molar-refractivity contribution is -0.154. The number of ether oxygens (including phenoxy) is 2. The number of hydrogen-bond acceptors (Lipinski definition) is 5. The summed E-state index contributed by atoms with van der Waals surface area (Å²) in [7, 11) is 0. The number of halogens is 3. The van der Waals surface area contributed by atoms with Crippen molar-refractivity contribution < 1.29 is 42.9 Å². The molecule has 0 aliphatic carbocycles. The summed E-state index contributed by atoms with van der Waals surface area (Å²) < 4.78 is 37.3. The molecule has 8 nitrogen and oxygen atoms in total. The molecule has 0 aromatic heterocycles. The van der Waals surface area contributed by atoms with Crippen molar-refractivity contribution in [3.63, 3.8) is 0 Å². The normalized spacial score (nSPS) is 21.4. The third kappa shape index (κ3) is 4.51. The maximum Gasteiger partial charge on any atom is 0.410 e. The SMILES string of the molecule is CCCCOC(=O)N1C[C@@](Oc2cc(F)cc(F)c2Br)(C(=O)O)C[C@H]1C(=O)O. The van der Waals surface area contributed by atoms with Gasteiger partial charge in [-0.3, -0.25) is 4.90 Å². The molecule has 28 heavy (non-hydrogen) atoms. The lowest BCUT2D eigenvalue weighted by Crippen LogP contribution is -2.48. The van der Waals surface area contributed by atoms with Crippen LogP contribution in [0.2, 0.25) is 0 Å². The molecule has 2 rings (SSSR count). The fourth-order valence-corrected chi connectivity index (χ4v) is 3.07. The summed E-state index contributed by atoms with van der Waals surface area (Å²) in [6, 6.07) is -0.214. The van der Waals surface area contributed by atoms with E-state index in [2.05, 4.69) is 15.9 Å². The first-order valence-corrected chi connectivity index (χ1v) is 9.13. The minimum atomic E-state index is -2.23. The van der Waals surface area contributed by atoms with Crippen LogP contribution in [0.3, 0.4) is 0 Å². The van der Waals surface area contributed by atoms with Crippen molar-refractivity contribution in [3.8, 4) is 5.75 Å². The van der Waals surface area contributed by atoms with E-state index in [9.17, 15) is 33.4 Å². The number of carboxylic acid groups (broad SMARTS) is 2. The summed E-state index contributed by atoms with van der Waals surface area (Å²) in [5.41, 5.74) is -2.23. The van der Waals surface area contributed by atoms with Gasteiger partial charge in [0.25, 0.3) is 0 Å². The number of aliphatic carboxylic acids is 2. The molecule has 1 aliphatic rings. The third-order valence-corrected chi connectivity index (χ3v) is 4.99. The number of rotatable bonds is 7. The Morgan fingerprint density at radius 1 is 1.32 bits per heavy atom. The molecular formula is C17H18BrF2NO7. The largest absolute Gasteiger partial charge is 0.480 e. The lowest BCUT2D eigenvalue weighted by Gasteiger charge is -2.26. The van der Waals surface area contributed by atoms with E-state index in [4.69, 9.17) is 9.47 Å². The molecule has 0 bridgehead atoms. The van der Waals surface area contributed by atoms with Crippen LogP contribution in [0.5, 0.6) is 5.75 Å². The average Bonchev–Trinajstić information content (AvgIpc) is 3.01. The zero-order valence-corrected chi connectivity index (χ0v) is 16.4. The molecule has 0 spiro atoms. The fraction of sp³-hybridized carbons (Fsp3) is 0.471. The van der Waals surface area contributed by atoms with E-state index in [0.29, 0.717) is 12.5 Å². The lowest BCUT2D eigenvalue weighted by atomic mass is 10.00. The van der Waals surface area contributed by atoms with Gasteiger partial charge in [-0.15, -0.1) is 0 Å². The van der Waals surface area contributed by atoms with Gasteiger partial charge in [-0.2, -0.15) is 0 Å². The van der Waals surface area contributed by atoms with Crippen LogP contribution in [0.15, 0.2) is 16.6 Å². The molecule has 154 valence electrons. The molecule has 1 amide bonds. The first-order chi connectivity index (χ1) is 13.1. The van der Waals surface area contributed by atoms with Crippen LogP contribution < -0.4 is 4.74 Å². The Labute approximate surface area is 167 Å². The molecule has 0 unspecified atom stereocenters. The summed E-state index contributed by atoms with van der Waals surface area (Å²) in [6.45, 7) is 1.23. The van der Waals surface area contributed by atoms with Crippen LogP contribution in [0, 0.1) is 11.6 Å². The number of hydrogen-bond donors (Lipinski definition) is 2. The van der Waals surface area contributed by atoms with E-state index in [-0.39, 0.29) is 11.1 Å². The second-order valence-electron chi connectivity index (χ2n) is 6.26. The predicted octanol–water partition coefficient (Wildman–Crippen LogP) is 3.03. The Morgan fingerprint density at radius 3 is 2.57 bits per heavy atom. The number of carbonyl (C=O) groups excluding carboxylic acids is 1.